The van der Waals surface area contributed by atoms with Gasteiger partial charge in [0.25, 0.3) is 0 Å². The number of anilines is 1. The molecule has 2 nitrogen and oxygen atoms in total. The van der Waals surface area contributed by atoms with Gasteiger partial charge in [-0.25, -0.2) is 4.39 Å². The lowest BCUT2D eigenvalue weighted by molar-refractivity contribution is 0.311. The van der Waals surface area contributed by atoms with E-state index in [0.717, 1.165) is 36.1 Å². The third kappa shape index (κ3) is 3.57. The van der Waals surface area contributed by atoms with Crippen LogP contribution in [0.3, 0.4) is 0 Å². The van der Waals surface area contributed by atoms with Gasteiger partial charge in [0, 0.05) is 24.8 Å². The van der Waals surface area contributed by atoms with Gasteiger partial charge >= 0.3 is 0 Å². The van der Waals surface area contributed by atoms with Crippen molar-refractivity contribution in [2.45, 2.75) is 46.6 Å². The van der Waals surface area contributed by atoms with E-state index < -0.39 is 0 Å². The molecule has 1 saturated heterocycles. The summed E-state index contributed by atoms with van der Waals surface area (Å²) in [6, 6.07) is 3.90. The first kappa shape index (κ1) is 16.3. The summed E-state index contributed by atoms with van der Waals surface area (Å²) in [5.74, 6) is 1.48. The molecule has 1 aromatic carbocycles. The highest BCUT2D eigenvalue weighted by Crippen LogP contribution is 2.33. The summed E-state index contributed by atoms with van der Waals surface area (Å²) >= 11 is 0. The van der Waals surface area contributed by atoms with Crippen molar-refractivity contribution in [1.82, 2.24) is 5.32 Å². The average Bonchev–Trinajstić information content (AvgIpc) is 2.48. The molecule has 0 saturated carbocycles. The minimum atomic E-state index is -0.104. The Morgan fingerprint density at radius 3 is 2.33 bits per heavy atom. The van der Waals surface area contributed by atoms with Crippen LogP contribution in [0.5, 0.6) is 0 Å². The molecule has 0 aliphatic carbocycles. The predicted octanol–water partition coefficient (Wildman–Crippen LogP) is 4.29. The Balaban J connectivity index is 2.25. The third-order valence-electron chi connectivity index (χ3n) is 5.03. The topological polar surface area (TPSA) is 15.3 Å². The molecule has 0 aromatic heterocycles. The first-order valence-electron chi connectivity index (χ1n) is 8.16. The second-order valence-electron chi connectivity index (χ2n) is 6.74. The molecule has 118 valence electrons. The second-order valence-corrected chi connectivity index (χ2v) is 6.74. The molecule has 1 fully saturated rings. The van der Waals surface area contributed by atoms with Crippen molar-refractivity contribution in [2.75, 3.05) is 25.0 Å². The Kier molecular flexibility index (Phi) is 5.26. The molecular weight excluding hydrogens is 263 g/mol. The van der Waals surface area contributed by atoms with E-state index in [1.54, 1.807) is 6.07 Å². The zero-order valence-corrected chi connectivity index (χ0v) is 14.0. The molecule has 0 spiro atoms. The lowest BCUT2D eigenvalue weighted by Gasteiger charge is -2.37. The summed E-state index contributed by atoms with van der Waals surface area (Å²) in [7, 11) is 1.93. The molecule has 0 bridgehead atoms. The molecule has 1 aliphatic rings. The predicted molar refractivity (Wildman–Crippen MR) is 88.4 cm³/mol. The van der Waals surface area contributed by atoms with Gasteiger partial charge in [-0.1, -0.05) is 13.8 Å². The molecule has 3 heteroatoms. The number of benzene rings is 1. The molecule has 1 N–H and O–H groups in total. The van der Waals surface area contributed by atoms with Crippen molar-refractivity contribution in [2.24, 2.45) is 11.8 Å². The van der Waals surface area contributed by atoms with Crippen LogP contribution in [0, 0.1) is 24.6 Å². The molecule has 1 aliphatic heterocycles. The molecule has 21 heavy (non-hydrogen) atoms. The second kappa shape index (κ2) is 6.78. The molecule has 2 rings (SSSR count). The largest absolute Gasteiger partial charge is 0.371 e. The Morgan fingerprint density at radius 1 is 1.19 bits per heavy atom. The van der Waals surface area contributed by atoms with Crippen molar-refractivity contribution in [3.05, 3.63) is 29.1 Å². The summed E-state index contributed by atoms with van der Waals surface area (Å²) in [6.07, 6.45) is 2.48. The van der Waals surface area contributed by atoms with Crippen molar-refractivity contribution in [3.63, 3.8) is 0 Å². The van der Waals surface area contributed by atoms with Gasteiger partial charge in [-0.15, -0.1) is 0 Å². The fourth-order valence-corrected chi connectivity index (χ4v) is 3.26. The number of nitrogens with one attached hydrogen (secondary N) is 1. The van der Waals surface area contributed by atoms with Gasteiger partial charge in [0.1, 0.15) is 5.82 Å². The summed E-state index contributed by atoms with van der Waals surface area (Å²) in [5, 5.41) is 3.24. The van der Waals surface area contributed by atoms with Crippen molar-refractivity contribution < 1.29 is 4.39 Å². The zero-order valence-electron chi connectivity index (χ0n) is 14.0. The third-order valence-corrected chi connectivity index (χ3v) is 5.03. The van der Waals surface area contributed by atoms with Gasteiger partial charge in [-0.3, -0.25) is 0 Å². The summed E-state index contributed by atoms with van der Waals surface area (Å²) in [6.45, 7) is 10.7. The highest BCUT2D eigenvalue weighted by Gasteiger charge is 2.24. The monoisotopic (exact) mass is 292 g/mol. The Bertz CT molecular complexity index is 476. The highest BCUT2D eigenvalue weighted by atomic mass is 19.1. The van der Waals surface area contributed by atoms with Gasteiger partial charge in [0.15, 0.2) is 0 Å². The van der Waals surface area contributed by atoms with Gasteiger partial charge in [-0.2, -0.15) is 0 Å². The number of halogens is 1. The normalized spacial score (nSPS) is 18.3. The van der Waals surface area contributed by atoms with Crippen molar-refractivity contribution >= 4 is 5.69 Å². The first-order valence-corrected chi connectivity index (χ1v) is 8.16. The molecule has 0 amide bonds. The Labute approximate surface area is 128 Å². The van der Waals surface area contributed by atoms with Crippen LogP contribution in [0.2, 0.25) is 0 Å². The fraction of sp³-hybridized carbons (Fsp3) is 0.667. The maximum atomic E-state index is 13.9. The summed E-state index contributed by atoms with van der Waals surface area (Å²) in [5.41, 5.74) is 3.02. The Hall–Kier alpha value is -1.09. The van der Waals surface area contributed by atoms with E-state index in [-0.39, 0.29) is 11.9 Å². The quantitative estimate of drug-likeness (QED) is 0.890. The van der Waals surface area contributed by atoms with E-state index in [1.165, 1.54) is 18.5 Å². The van der Waals surface area contributed by atoms with Gasteiger partial charge in [0.05, 0.1) is 0 Å². The van der Waals surface area contributed by atoms with Crippen LogP contribution in [0.1, 0.15) is 50.8 Å². The van der Waals surface area contributed by atoms with Crippen LogP contribution in [0.4, 0.5) is 10.1 Å². The standard InChI is InChI=1S/C18H29FN2/c1-12(2)15-6-8-21(9-7-15)18-10-13(3)17(19)11-16(18)14(4)20-5/h10-12,14-15,20H,6-9H2,1-5H3. The van der Waals surface area contributed by atoms with E-state index >= 15 is 0 Å². The molecule has 1 aromatic rings. The summed E-state index contributed by atoms with van der Waals surface area (Å²) < 4.78 is 13.9. The maximum absolute atomic E-state index is 13.9. The van der Waals surface area contributed by atoms with Crippen LogP contribution >= 0.6 is 0 Å². The van der Waals surface area contributed by atoms with E-state index in [0.29, 0.717) is 0 Å². The maximum Gasteiger partial charge on any atom is 0.126 e. The fourth-order valence-electron chi connectivity index (χ4n) is 3.26. The highest BCUT2D eigenvalue weighted by molar-refractivity contribution is 5.57. The van der Waals surface area contributed by atoms with Crippen LogP contribution in [-0.2, 0) is 0 Å². The van der Waals surface area contributed by atoms with Gasteiger partial charge in [-0.05, 0) is 68.8 Å². The Morgan fingerprint density at radius 2 is 1.81 bits per heavy atom. The number of hydrogen-bond acceptors (Lipinski definition) is 2. The zero-order chi connectivity index (χ0) is 15.6. The number of hydrogen-bond donors (Lipinski definition) is 1. The molecule has 1 unspecified atom stereocenters. The minimum Gasteiger partial charge on any atom is -0.371 e. The van der Waals surface area contributed by atoms with Crippen LogP contribution in [0.25, 0.3) is 0 Å². The van der Waals surface area contributed by atoms with E-state index in [4.69, 9.17) is 0 Å². The van der Waals surface area contributed by atoms with E-state index in [9.17, 15) is 4.39 Å². The lowest BCUT2D eigenvalue weighted by atomic mass is 9.86. The smallest absolute Gasteiger partial charge is 0.126 e. The molecule has 1 heterocycles. The lowest BCUT2D eigenvalue weighted by Crippen LogP contribution is -2.36. The number of piperidine rings is 1. The minimum absolute atomic E-state index is 0.104. The first-order chi connectivity index (χ1) is 9.93. The van der Waals surface area contributed by atoms with Gasteiger partial charge in [0.2, 0.25) is 0 Å². The molecular formula is C18H29FN2. The number of aryl methyl sites for hydroxylation is 1. The SMILES string of the molecule is CNC(C)c1cc(F)c(C)cc1N1CCC(C(C)C)CC1. The van der Waals surface area contributed by atoms with E-state index in [1.807, 2.05) is 20.0 Å². The number of nitrogens with zero attached hydrogens (tertiary/aromatic N) is 1. The van der Waals surface area contributed by atoms with Crippen molar-refractivity contribution in [3.8, 4) is 0 Å². The van der Waals surface area contributed by atoms with Crippen LogP contribution in [0.15, 0.2) is 12.1 Å². The van der Waals surface area contributed by atoms with E-state index in [2.05, 4.69) is 31.0 Å². The van der Waals surface area contributed by atoms with Crippen molar-refractivity contribution in [1.29, 1.82) is 0 Å². The summed E-state index contributed by atoms with van der Waals surface area (Å²) in [4.78, 5) is 2.44. The van der Waals surface area contributed by atoms with Gasteiger partial charge < -0.3 is 10.2 Å². The molecule has 0 radical (unpaired) electrons. The number of rotatable bonds is 4. The van der Waals surface area contributed by atoms with Crippen LogP contribution < -0.4 is 10.2 Å². The molecule has 1 atom stereocenters. The van der Waals surface area contributed by atoms with Crippen LogP contribution in [-0.4, -0.2) is 20.1 Å². The average molecular weight is 292 g/mol.